The van der Waals surface area contributed by atoms with Crippen molar-refractivity contribution in [3.8, 4) is 0 Å². The van der Waals surface area contributed by atoms with E-state index in [0.29, 0.717) is 0 Å². The van der Waals surface area contributed by atoms with Crippen molar-refractivity contribution in [2.24, 2.45) is 5.73 Å². The summed E-state index contributed by atoms with van der Waals surface area (Å²) in [6, 6.07) is -0.303. The van der Waals surface area contributed by atoms with E-state index < -0.39 is 5.60 Å². The van der Waals surface area contributed by atoms with E-state index in [2.05, 4.69) is 0 Å². The van der Waals surface area contributed by atoms with Gasteiger partial charge < -0.3 is 15.6 Å². The molecule has 9 heavy (non-hydrogen) atoms. The molecule has 3 nitrogen and oxygen atoms in total. The van der Waals surface area contributed by atoms with Crippen LogP contribution in [0, 0.1) is 0 Å². The van der Waals surface area contributed by atoms with E-state index in [9.17, 15) is 0 Å². The normalized spacial score (nSPS) is 15.7. The summed E-state index contributed by atoms with van der Waals surface area (Å²) in [4.78, 5) is 0. The highest BCUT2D eigenvalue weighted by Gasteiger charge is 2.24. The van der Waals surface area contributed by atoms with Crippen molar-refractivity contribution in [1.29, 1.82) is 0 Å². The maximum Gasteiger partial charge on any atom is 0.0795 e. The highest BCUT2D eigenvalue weighted by molar-refractivity contribution is 4.81. The fourth-order valence-corrected chi connectivity index (χ4v) is 0.371. The standard InChI is InChI=1S/C6H15NO2/c1-6(2,9-3)5(7)4-8/h5,8H,4,7H2,1-3H3/t5-/m0/s1. The summed E-state index contributed by atoms with van der Waals surface area (Å²) in [6.45, 7) is 3.64. The van der Waals surface area contributed by atoms with Gasteiger partial charge in [0.1, 0.15) is 0 Å². The molecule has 0 aliphatic rings. The smallest absolute Gasteiger partial charge is 0.0795 e. The summed E-state index contributed by atoms with van der Waals surface area (Å²) in [5.74, 6) is 0. The number of hydrogen-bond donors (Lipinski definition) is 2. The molecule has 3 heteroatoms. The monoisotopic (exact) mass is 133 g/mol. The van der Waals surface area contributed by atoms with Gasteiger partial charge in [-0.3, -0.25) is 0 Å². The fraction of sp³-hybridized carbons (Fsp3) is 1.00. The number of rotatable bonds is 3. The zero-order chi connectivity index (χ0) is 7.49. The molecule has 0 amide bonds. The maximum absolute atomic E-state index is 8.60. The molecular formula is C6H15NO2. The lowest BCUT2D eigenvalue weighted by Crippen LogP contribution is -2.47. The van der Waals surface area contributed by atoms with Crippen molar-refractivity contribution in [1.82, 2.24) is 0 Å². The van der Waals surface area contributed by atoms with E-state index >= 15 is 0 Å². The van der Waals surface area contributed by atoms with Gasteiger partial charge in [0.2, 0.25) is 0 Å². The molecule has 0 saturated carbocycles. The number of aliphatic hydroxyl groups is 1. The van der Waals surface area contributed by atoms with Crippen LogP contribution in [0.4, 0.5) is 0 Å². The zero-order valence-corrected chi connectivity index (χ0v) is 6.22. The van der Waals surface area contributed by atoms with Crippen LogP contribution in [0.25, 0.3) is 0 Å². The Morgan fingerprint density at radius 2 is 2.11 bits per heavy atom. The topological polar surface area (TPSA) is 55.5 Å². The van der Waals surface area contributed by atoms with Gasteiger partial charge in [0.25, 0.3) is 0 Å². The average Bonchev–Trinajstić information content (AvgIpc) is 1.86. The molecule has 0 spiro atoms. The quantitative estimate of drug-likeness (QED) is 0.557. The lowest BCUT2D eigenvalue weighted by molar-refractivity contribution is -0.0138. The minimum Gasteiger partial charge on any atom is -0.395 e. The Bertz CT molecular complexity index is 83.1. The lowest BCUT2D eigenvalue weighted by Gasteiger charge is -2.28. The Morgan fingerprint density at radius 1 is 1.67 bits per heavy atom. The van der Waals surface area contributed by atoms with Crippen LogP contribution < -0.4 is 5.73 Å². The average molecular weight is 133 g/mol. The van der Waals surface area contributed by atoms with E-state index in [1.807, 2.05) is 13.8 Å². The van der Waals surface area contributed by atoms with E-state index in [4.69, 9.17) is 15.6 Å². The van der Waals surface area contributed by atoms with Crippen LogP contribution in [0.3, 0.4) is 0 Å². The highest BCUT2D eigenvalue weighted by atomic mass is 16.5. The summed E-state index contributed by atoms with van der Waals surface area (Å²) in [6.07, 6.45) is 0. The Hall–Kier alpha value is -0.120. The SMILES string of the molecule is COC(C)(C)[C@@H](N)CO. The van der Waals surface area contributed by atoms with Crippen LogP contribution in [0.15, 0.2) is 0 Å². The van der Waals surface area contributed by atoms with Crippen molar-refractivity contribution >= 4 is 0 Å². The molecule has 0 aromatic rings. The highest BCUT2D eigenvalue weighted by Crippen LogP contribution is 2.10. The van der Waals surface area contributed by atoms with Gasteiger partial charge in [-0.2, -0.15) is 0 Å². The summed E-state index contributed by atoms with van der Waals surface area (Å²) in [5.41, 5.74) is 5.06. The Morgan fingerprint density at radius 3 is 2.22 bits per heavy atom. The molecule has 0 unspecified atom stereocenters. The van der Waals surface area contributed by atoms with E-state index in [1.165, 1.54) is 0 Å². The second-order valence-corrected chi connectivity index (χ2v) is 2.60. The van der Waals surface area contributed by atoms with Crippen molar-refractivity contribution in [3.05, 3.63) is 0 Å². The predicted octanol–water partition coefficient (Wildman–Crippen LogP) is -0.269. The van der Waals surface area contributed by atoms with Crippen molar-refractivity contribution < 1.29 is 9.84 Å². The zero-order valence-electron chi connectivity index (χ0n) is 6.22. The van der Waals surface area contributed by atoms with Crippen molar-refractivity contribution in [2.75, 3.05) is 13.7 Å². The molecule has 0 bridgehead atoms. The van der Waals surface area contributed by atoms with Crippen LogP contribution in [-0.2, 0) is 4.74 Å². The van der Waals surface area contributed by atoms with Crippen LogP contribution in [0.1, 0.15) is 13.8 Å². The molecular weight excluding hydrogens is 118 g/mol. The predicted molar refractivity (Wildman–Crippen MR) is 36.1 cm³/mol. The van der Waals surface area contributed by atoms with Crippen LogP contribution in [-0.4, -0.2) is 30.5 Å². The number of aliphatic hydroxyl groups excluding tert-OH is 1. The molecule has 0 saturated heterocycles. The second-order valence-electron chi connectivity index (χ2n) is 2.60. The first kappa shape index (κ1) is 8.88. The van der Waals surface area contributed by atoms with Crippen LogP contribution in [0.5, 0.6) is 0 Å². The Kier molecular flexibility index (Phi) is 3.11. The molecule has 0 rings (SSSR count). The van der Waals surface area contributed by atoms with Gasteiger partial charge in [0, 0.05) is 7.11 Å². The summed E-state index contributed by atoms with van der Waals surface area (Å²) < 4.78 is 5.01. The van der Waals surface area contributed by atoms with E-state index in [-0.39, 0.29) is 12.6 Å². The van der Waals surface area contributed by atoms with Crippen LogP contribution in [0.2, 0.25) is 0 Å². The molecule has 0 aromatic carbocycles. The first-order valence-corrected chi connectivity index (χ1v) is 2.96. The van der Waals surface area contributed by atoms with Crippen molar-refractivity contribution in [2.45, 2.75) is 25.5 Å². The number of hydrogen-bond acceptors (Lipinski definition) is 3. The minimum atomic E-state index is -0.422. The molecule has 0 aliphatic carbocycles. The third-order valence-corrected chi connectivity index (χ3v) is 1.62. The van der Waals surface area contributed by atoms with Gasteiger partial charge in [-0.1, -0.05) is 0 Å². The molecule has 0 aromatic heterocycles. The molecule has 0 heterocycles. The maximum atomic E-state index is 8.60. The van der Waals surface area contributed by atoms with Gasteiger partial charge in [0.05, 0.1) is 18.2 Å². The fourth-order valence-electron chi connectivity index (χ4n) is 0.371. The third-order valence-electron chi connectivity index (χ3n) is 1.62. The first-order valence-electron chi connectivity index (χ1n) is 2.96. The molecule has 0 fully saturated rings. The van der Waals surface area contributed by atoms with E-state index in [0.717, 1.165) is 0 Å². The summed E-state index contributed by atoms with van der Waals surface area (Å²) in [7, 11) is 1.58. The molecule has 3 N–H and O–H groups in total. The minimum absolute atomic E-state index is 0.0408. The van der Waals surface area contributed by atoms with E-state index in [1.54, 1.807) is 7.11 Å². The summed E-state index contributed by atoms with van der Waals surface area (Å²) >= 11 is 0. The number of ether oxygens (including phenoxy) is 1. The molecule has 1 atom stereocenters. The van der Waals surface area contributed by atoms with Gasteiger partial charge in [-0.15, -0.1) is 0 Å². The number of methoxy groups -OCH3 is 1. The molecule has 0 aliphatic heterocycles. The Balaban J connectivity index is 3.80. The second kappa shape index (κ2) is 3.15. The molecule has 0 radical (unpaired) electrons. The lowest BCUT2D eigenvalue weighted by atomic mass is 10.0. The van der Waals surface area contributed by atoms with Gasteiger partial charge in [0.15, 0.2) is 0 Å². The largest absolute Gasteiger partial charge is 0.395 e. The number of nitrogens with two attached hydrogens (primary N) is 1. The van der Waals surface area contributed by atoms with Gasteiger partial charge >= 0.3 is 0 Å². The van der Waals surface area contributed by atoms with Crippen LogP contribution >= 0.6 is 0 Å². The first-order chi connectivity index (χ1) is 4.04. The summed E-state index contributed by atoms with van der Waals surface area (Å²) in [5, 5.41) is 8.60. The van der Waals surface area contributed by atoms with Crippen molar-refractivity contribution in [3.63, 3.8) is 0 Å². The van der Waals surface area contributed by atoms with Gasteiger partial charge in [-0.25, -0.2) is 0 Å². The Labute approximate surface area is 55.8 Å². The van der Waals surface area contributed by atoms with Gasteiger partial charge in [-0.05, 0) is 13.8 Å². The molecule has 56 valence electrons. The third kappa shape index (κ3) is 2.30.